The predicted octanol–water partition coefficient (Wildman–Crippen LogP) is 4.84. The molecule has 0 spiro atoms. The summed E-state index contributed by atoms with van der Waals surface area (Å²) in [5.41, 5.74) is 1.08. The summed E-state index contributed by atoms with van der Waals surface area (Å²) in [5, 5.41) is 42.8. The van der Waals surface area contributed by atoms with Crippen molar-refractivity contribution < 1.29 is 20.4 Å². The molecule has 0 aliphatic heterocycles. The number of aliphatic hydroxyl groups excluding tert-OH is 2. The van der Waals surface area contributed by atoms with Crippen LogP contribution in [0.5, 0.6) is 0 Å². The molecule has 180 valence electrons. The highest BCUT2D eigenvalue weighted by atomic mass is 16.3. The lowest BCUT2D eigenvalue weighted by Gasteiger charge is -2.49. The quantitative estimate of drug-likeness (QED) is 0.457. The van der Waals surface area contributed by atoms with Crippen molar-refractivity contribution in [3.8, 4) is 0 Å². The van der Waals surface area contributed by atoms with Crippen LogP contribution in [-0.2, 0) is 0 Å². The molecule has 0 amide bonds. The Kier molecular flexibility index (Phi) is 7.32. The van der Waals surface area contributed by atoms with Crippen LogP contribution >= 0.6 is 0 Å². The molecule has 4 N–H and O–H groups in total. The molecule has 4 heteroatoms. The van der Waals surface area contributed by atoms with Crippen LogP contribution in [0.25, 0.3) is 0 Å². The fraction of sp³-hybridized carbons (Fsp3) is 0.714. The Morgan fingerprint density at radius 1 is 1.16 bits per heavy atom. The number of allylic oxidation sites excluding steroid dienone is 3. The Hall–Kier alpha value is -1.20. The molecule has 3 aliphatic rings. The zero-order valence-corrected chi connectivity index (χ0v) is 20.6. The third-order valence-electron chi connectivity index (χ3n) is 9.09. The van der Waals surface area contributed by atoms with Crippen molar-refractivity contribution in [3.05, 3.63) is 47.6 Å². The molecule has 0 heterocycles. The lowest BCUT2D eigenvalue weighted by molar-refractivity contribution is -0.100. The summed E-state index contributed by atoms with van der Waals surface area (Å²) >= 11 is 0. The Labute approximate surface area is 194 Å². The molecule has 0 aromatic rings. The molecular formula is C28H44O4. The van der Waals surface area contributed by atoms with Gasteiger partial charge in [-0.3, -0.25) is 0 Å². The van der Waals surface area contributed by atoms with E-state index in [4.69, 9.17) is 0 Å². The minimum Gasteiger partial charge on any atom is -0.393 e. The molecule has 3 aliphatic carbocycles. The van der Waals surface area contributed by atoms with Gasteiger partial charge in [-0.05, 0) is 68.4 Å². The second kappa shape index (κ2) is 9.21. The molecule has 7 atom stereocenters. The van der Waals surface area contributed by atoms with E-state index in [1.54, 1.807) is 0 Å². The highest BCUT2D eigenvalue weighted by molar-refractivity contribution is 5.39. The van der Waals surface area contributed by atoms with Crippen molar-refractivity contribution in [3.63, 3.8) is 0 Å². The zero-order chi connectivity index (χ0) is 23.9. The van der Waals surface area contributed by atoms with Crippen molar-refractivity contribution >= 4 is 0 Å². The molecule has 4 nitrogen and oxygen atoms in total. The largest absolute Gasteiger partial charge is 0.393 e. The maximum Gasteiger partial charge on any atom is 0.0822 e. The fourth-order valence-electron chi connectivity index (χ4n) is 6.19. The Bertz CT molecular complexity index is 804. The minimum atomic E-state index is -0.884. The average Bonchev–Trinajstić information content (AvgIpc) is 3.00. The van der Waals surface area contributed by atoms with E-state index in [1.165, 1.54) is 5.57 Å². The summed E-state index contributed by atoms with van der Waals surface area (Å²) in [4.78, 5) is 0. The van der Waals surface area contributed by atoms with Gasteiger partial charge in [-0.2, -0.15) is 0 Å². The fourth-order valence-corrected chi connectivity index (χ4v) is 6.19. The summed E-state index contributed by atoms with van der Waals surface area (Å²) < 4.78 is 0. The topological polar surface area (TPSA) is 80.9 Å². The summed E-state index contributed by atoms with van der Waals surface area (Å²) in [6.45, 7) is 14.2. The highest BCUT2D eigenvalue weighted by Gasteiger charge is 2.59. The molecule has 0 unspecified atom stereocenters. The van der Waals surface area contributed by atoms with Crippen LogP contribution in [0.15, 0.2) is 47.6 Å². The van der Waals surface area contributed by atoms with E-state index >= 15 is 0 Å². The third kappa shape index (κ3) is 4.57. The van der Waals surface area contributed by atoms with Crippen molar-refractivity contribution in [2.75, 3.05) is 0 Å². The summed E-state index contributed by atoms with van der Waals surface area (Å²) in [5.74, 6) is 0.367. The van der Waals surface area contributed by atoms with Gasteiger partial charge in [0.05, 0.1) is 23.4 Å². The van der Waals surface area contributed by atoms with E-state index in [9.17, 15) is 20.4 Å². The summed E-state index contributed by atoms with van der Waals surface area (Å²) in [6.07, 6.45) is 12.5. The number of aliphatic hydroxyl groups is 4. The SMILES string of the molecule is C=C1/C(=C\C=C2/CCC[C@@]3(C)[C@H]2CC[C@]3(O)[C@H](C)/C=C/[C@@](C)(O)C(C)C)C[C@@H](O)C[C@@H]1O. The Balaban J connectivity index is 1.84. The van der Waals surface area contributed by atoms with Gasteiger partial charge in [0.25, 0.3) is 0 Å². The van der Waals surface area contributed by atoms with Gasteiger partial charge >= 0.3 is 0 Å². The molecule has 0 radical (unpaired) electrons. The van der Waals surface area contributed by atoms with E-state index in [2.05, 4.69) is 26.5 Å². The van der Waals surface area contributed by atoms with Gasteiger partial charge in [-0.1, -0.05) is 64.2 Å². The van der Waals surface area contributed by atoms with Crippen LogP contribution in [0.1, 0.15) is 79.6 Å². The molecule has 0 saturated heterocycles. The molecule has 0 aromatic heterocycles. The van der Waals surface area contributed by atoms with Gasteiger partial charge in [-0.15, -0.1) is 0 Å². The van der Waals surface area contributed by atoms with Crippen LogP contribution in [0, 0.1) is 23.2 Å². The van der Waals surface area contributed by atoms with Gasteiger partial charge < -0.3 is 20.4 Å². The highest BCUT2D eigenvalue weighted by Crippen LogP contribution is 2.61. The summed E-state index contributed by atoms with van der Waals surface area (Å²) in [7, 11) is 0. The van der Waals surface area contributed by atoms with E-state index < -0.39 is 23.4 Å². The molecule has 3 saturated carbocycles. The lowest BCUT2D eigenvalue weighted by Crippen LogP contribution is -2.50. The van der Waals surface area contributed by atoms with E-state index in [0.717, 1.165) is 37.7 Å². The van der Waals surface area contributed by atoms with Crippen LogP contribution in [0.2, 0.25) is 0 Å². The van der Waals surface area contributed by atoms with Crippen LogP contribution in [0.4, 0.5) is 0 Å². The predicted molar refractivity (Wildman–Crippen MR) is 130 cm³/mol. The van der Waals surface area contributed by atoms with Crippen LogP contribution < -0.4 is 0 Å². The Morgan fingerprint density at radius 2 is 1.84 bits per heavy atom. The second-order valence-corrected chi connectivity index (χ2v) is 11.4. The molecule has 32 heavy (non-hydrogen) atoms. The number of rotatable bonds is 5. The monoisotopic (exact) mass is 444 g/mol. The van der Waals surface area contributed by atoms with Crippen molar-refractivity contribution in [2.45, 2.75) is 103 Å². The number of hydrogen-bond donors (Lipinski definition) is 4. The molecule has 3 rings (SSSR count). The first-order chi connectivity index (χ1) is 14.8. The van der Waals surface area contributed by atoms with Crippen molar-refractivity contribution in [1.82, 2.24) is 0 Å². The zero-order valence-electron chi connectivity index (χ0n) is 20.6. The molecule has 3 fully saturated rings. The molecule has 0 aromatic carbocycles. The first-order valence-corrected chi connectivity index (χ1v) is 12.4. The first-order valence-electron chi connectivity index (χ1n) is 12.4. The maximum absolute atomic E-state index is 11.9. The Morgan fingerprint density at radius 3 is 2.50 bits per heavy atom. The van der Waals surface area contributed by atoms with Gasteiger partial charge in [0.1, 0.15) is 0 Å². The van der Waals surface area contributed by atoms with Gasteiger partial charge in [0, 0.05) is 17.8 Å². The standard InChI is InChI=1S/C28H44O4/c1-18(2)27(6,31)14-11-19(3)28(32)15-12-24-21(8-7-13-26(24,28)5)9-10-22-16-23(29)17-25(30)20(22)4/h9-11,14,18-19,23-25,29-32H,4,7-8,12-13,15-17H2,1-3,5-6H3/b14-11+,21-9+,22-10-/t19-,23-,24+,25+,26+,27-,28+/m1/s1. The smallest absolute Gasteiger partial charge is 0.0822 e. The van der Waals surface area contributed by atoms with Gasteiger partial charge in [-0.25, -0.2) is 0 Å². The number of hydrogen-bond acceptors (Lipinski definition) is 4. The lowest BCUT2D eigenvalue weighted by atomic mass is 9.58. The normalized spacial score (nSPS) is 41.4. The third-order valence-corrected chi connectivity index (χ3v) is 9.09. The summed E-state index contributed by atoms with van der Waals surface area (Å²) in [6, 6.07) is 0. The molecular weight excluding hydrogens is 400 g/mol. The van der Waals surface area contributed by atoms with Gasteiger partial charge in [0.15, 0.2) is 0 Å². The van der Waals surface area contributed by atoms with E-state index in [-0.39, 0.29) is 17.3 Å². The first kappa shape index (κ1) is 25.4. The van der Waals surface area contributed by atoms with E-state index in [0.29, 0.717) is 24.3 Å². The van der Waals surface area contributed by atoms with Gasteiger partial charge in [0.2, 0.25) is 0 Å². The average molecular weight is 445 g/mol. The van der Waals surface area contributed by atoms with Crippen LogP contribution in [-0.4, -0.2) is 43.8 Å². The molecule has 0 bridgehead atoms. The van der Waals surface area contributed by atoms with E-state index in [1.807, 2.05) is 39.0 Å². The number of fused-ring (bicyclic) bond motifs is 1. The van der Waals surface area contributed by atoms with Crippen molar-refractivity contribution in [2.24, 2.45) is 23.2 Å². The maximum atomic E-state index is 11.9. The minimum absolute atomic E-state index is 0.0520. The second-order valence-electron chi connectivity index (χ2n) is 11.4. The van der Waals surface area contributed by atoms with Crippen LogP contribution in [0.3, 0.4) is 0 Å². The van der Waals surface area contributed by atoms with Crippen molar-refractivity contribution in [1.29, 1.82) is 0 Å².